The zero-order valence-corrected chi connectivity index (χ0v) is 10.9. The second-order valence-electron chi connectivity index (χ2n) is 4.42. The Balaban J connectivity index is 2.14. The summed E-state index contributed by atoms with van der Waals surface area (Å²) in [5.74, 6) is -0.922. The van der Waals surface area contributed by atoms with E-state index in [0.29, 0.717) is 5.82 Å². The summed E-state index contributed by atoms with van der Waals surface area (Å²) in [7, 11) is 0. The molecule has 2 aromatic heterocycles. The third kappa shape index (κ3) is 2.97. The molecule has 0 atom stereocenters. The predicted octanol–water partition coefficient (Wildman–Crippen LogP) is 1.27. The molecule has 0 radical (unpaired) electrons. The van der Waals surface area contributed by atoms with Gasteiger partial charge in [-0.1, -0.05) is 13.8 Å². The Kier molecular flexibility index (Phi) is 3.74. The third-order valence-corrected chi connectivity index (χ3v) is 2.50. The molecule has 8 heteroatoms. The van der Waals surface area contributed by atoms with E-state index in [4.69, 9.17) is 5.11 Å². The number of rotatable bonds is 4. The summed E-state index contributed by atoms with van der Waals surface area (Å²) in [5.41, 5.74) is 0.256. The Labute approximate surface area is 114 Å². The second-order valence-corrected chi connectivity index (χ2v) is 4.42. The number of anilines is 1. The summed E-state index contributed by atoms with van der Waals surface area (Å²) in [5, 5.41) is 17.8. The highest BCUT2D eigenvalue weighted by Gasteiger charge is 2.15. The van der Waals surface area contributed by atoms with E-state index >= 15 is 0 Å². The number of hydrogen-bond acceptors (Lipinski definition) is 5. The lowest BCUT2D eigenvalue weighted by molar-refractivity contribution is 0.0696. The van der Waals surface area contributed by atoms with Crippen molar-refractivity contribution in [1.29, 1.82) is 0 Å². The van der Waals surface area contributed by atoms with Crippen LogP contribution in [-0.2, 0) is 0 Å². The smallest absolute Gasteiger partial charge is 0.337 e. The number of aromatic amines is 1. The maximum Gasteiger partial charge on any atom is 0.337 e. The number of pyridine rings is 1. The number of amides is 1. The van der Waals surface area contributed by atoms with Gasteiger partial charge in [0.15, 0.2) is 0 Å². The lowest BCUT2D eigenvalue weighted by Gasteiger charge is -2.02. The fourth-order valence-corrected chi connectivity index (χ4v) is 1.45. The first-order chi connectivity index (χ1) is 9.47. The van der Waals surface area contributed by atoms with E-state index < -0.39 is 11.9 Å². The summed E-state index contributed by atoms with van der Waals surface area (Å²) in [6.45, 7) is 3.84. The molecule has 2 aromatic rings. The van der Waals surface area contributed by atoms with Gasteiger partial charge in [-0.2, -0.15) is 0 Å². The minimum absolute atomic E-state index is 0.00516. The number of H-pyrrole nitrogens is 1. The molecule has 3 N–H and O–H groups in total. The van der Waals surface area contributed by atoms with Gasteiger partial charge < -0.3 is 10.4 Å². The topological polar surface area (TPSA) is 121 Å². The lowest BCUT2D eigenvalue weighted by Crippen LogP contribution is -2.14. The molecule has 2 heterocycles. The van der Waals surface area contributed by atoms with Crippen LogP contribution >= 0.6 is 0 Å². The van der Waals surface area contributed by atoms with Crippen LogP contribution in [0.4, 0.5) is 5.69 Å². The van der Waals surface area contributed by atoms with Crippen LogP contribution in [0, 0.1) is 0 Å². The van der Waals surface area contributed by atoms with Crippen molar-refractivity contribution in [2.45, 2.75) is 19.8 Å². The monoisotopic (exact) mass is 275 g/mol. The Morgan fingerprint density at radius 1 is 1.35 bits per heavy atom. The van der Waals surface area contributed by atoms with Crippen molar-refractivity contribution in [1.82, 2.24) is 20.2 Å². The largest absolute Gasteiger partial charge is 0.478 e. The highest BCUT2D eigenvalue weighted by atomic mass is 16.4. The van der Waals surface area contributed by atoms with Gasteiger partial charge in [0.2, 0.25) is 5.82 Å². The van der Waals surface area contributed by atoms with Crippen molar-refractivity contribution in [3.63, 3.8) is 0 Å². The maximum atomic E-state index is 11.9. The first kappa shape index (κ1) is 13.7. The van der Waals surface area contributed by atoms with E-state index in [2.05, 4.69) is 25.5 Å². The number of nitrogens with one attached hydrogen (secondary N) is 2. The number of aromatic carboxylic acids is 1. The van der Waals surface area contributed by atoms with Crippen molar-refractivity contribution in [3.8, 4) is 0 Å². The molecule has 0 bridgehead atoms. The molecule has 20 heavy (non-hydrogen) atoms. The van der Waals surface area contributed by atoms with Crippen LogP contribution in [-0.4, -0.2) is 37.1 Å². The van der Waals surface area contributed by atoms with Crippen LogP contribution in [0.1, 0.15) is 46.6 Å². The predicted molar refractivity (Wildman–Crippen MR) is 69.6 cm³/mol. The third-order valence-electron chi connectivity index (χ3n) is 2.50. The van der Waals surface area contributed by atoms with Crippen LogP contribution in [0.3, 0.4) is 0 Å². The van der Waals surface area contributed by atoms with E-state index in [-0.39, 0.29) is 23.0 Å². The Bertz CT molecular complexity index is 650. The molecule has 0 aliphatic heterocycles. The van der Waals surface area contributed by atoms with Gasteiger partial charge in [-0.25, -0.2) is 9.78 Å². The molecule has 8 nitrogen and oxygen atoms in total. The van der Waals surface area contributed by atoms with Gasteiger partial charge >= 0.3 is 5.97 Å². The Hall–Kier alpha value is -2.77. The van der Waals surface area contributed by atoms with Crippen molar-refractivity contribution in [2.24, 2.45) is 0 Å². The first-order valence-corrected chi connectivity index (χ1v) is 5.89. The van der Waals surface area contributed by atoms with Crippen LogP contribution in [0.25, 0.3) is 0 Å². The summed E-state index contributed by atoms with van der Waals surface area (Å²) >= 11 is 0. The van der Waals surface area contributed by atoms with E-state index in [9.17, 15) is 9.59 Å². The number of aromatic nitrogens is 4. The molecule has 0 aliphatic carbocycles. The molecule has 2 rings (SSSR count). The molecule has 0 aromatic carbocycles. The van der Waals surface area contributed by atoms with Gasteiger partial charge in [-0.15, -0.1) is 5.10 Å². The van der Waals surface area contributed by atoms with Gasteiger partial charge in [0, 0.05) is 12.1 Å². The van der Waals surface area contributed by atoms with E-state index in [0.717, 1.165) is 0 Å². The number of hydrogen-bond donors (Lipinski definition) is 3. The SMILES string of the molecule is CC(C)c1nc(C(=O)Nc2cncc(C(=O)O)c2)n[nH]1. The molecule has 104 valence electrons. The molecule has 0 unspecified atom stereocenters. The van der Waals surface area contributed by atoms with E-state index in [1.54, 1.807) is 0 Å². The second kappa shape index (κ2) is 5.47. The number of carbonyl (C=O) groups excluding carboxylic acids is 1. The molecule has 0 saturated heterocycles. The number of carbonyl (C=O) groups is 2. The van der Waals surface area contributed by atoms with E-state index in [1.807, 2.05) is 13.8 Å². The van der Waals surface area contributed by atoms with Crippen molar-refractivity contribution < 1.29 is 14.7 Å². The van der Waals surface area contributed by atoms with Gasteiger partial charge in [-0.05, 0) is 6.07 Å². The van der Waals surface area contributed by atoms with Gasteiger partial charge in [0.05, 0.1) is 17.4 Å². The molecule has 0 spiro atoms. The zero-order chi connectivity index (χ0) is 14.7. The average Bonchev–Trinajstić information content (AvgIpc) is 2.88. The molecular formula is C12H13N5O3. The lowest BCUT2D eigenvalue weighted by atomic mass is 10.2. The van der Waals surface area contributed by atoms with Gasteiger partial charge in [0.1, 0.15) is 5.82 Å². The van der Waals surface area contributed by atoms with Gasteiger partial charge in [0.25, 0.3) is 5.91 Å². The first-order valence-electron chi connectivity index (χ1n) is 5.89. The summed E-state index contributed by atoms with van der Waals surface area (Å²) in [4.78, 5) is 30.5. The van der Waals surface area contributed by atoms with Crippen LogP contribution in [0.15, 0.2) is 18.5 Å². The van der Waals surface area contributed by atoms with Crippen LogP contribution in [0.2, 0.25) is 0 Å². The highest BCUT2D eigenvalue weighted by molar-refractivity contribution is 6.02. The number of carboxylic acid groups (broad SMARTS) is 1. The summed E-state index contributed by atoms with van der Waals surface area (Å²) in [6.07, 6.45) is 2.54. The fourth-order valence-electron chi connectivity index (χ4n) is 1.45. The van der Waals surface area contributed by atoms with Crippen molar-refractivity contribution in [2.75, 3.05) is 5.32 Å². The fraction of sp³-hybridized carbons (Fsp3) is 0.250. The summed E-state index contributed by atoms with van der Waals surface area (Å²) in [6, 6.07) is 1.31. The molecule has 0 fully saturated rings. The van der Waals surface area contributed by atoms with Crippen LogP contribution < -0.4 is 5.32 Å². The zero-order valence-electron chi connectivity index (χ0n) is 10.9. The normalized spacial score (nSPS) is 10.6. The quantitative estimate of drug-likeness (QED) is 0.772. The standard InChI is InChI=1S/C12H13N5O3/c1-6(2)9-15-10(17-16-9)11(18)14-8-3-7(12(19)20)4-13-5-8/h3-6H,1-2H3,(H,14,18)(H,19,20)(H,15,16,17). The Morgan fingerprint density at radius 3 is 2.70 bits per heavy atom. The van der Waals surface area contributed by atoms with Crippen molar-refractivity contribution in [3.05, 3.63) is 35.7 Å². The minimum atomic E-state index is -1.12. The molecule has 1 amide bonds. The Morgan fingerprint density at radius 2 is 2.10 bits per heavy atom. The van der Waals surface area contributed by atoms with Gasteiger partial charge in [-0.3, -0.25) is 14.9 Å². The average molecular weight is 275 g/mol. The van der Waals surface area contributed by atoms with Crippen molar-refractivity contribution >= 4 is 17.6 Å². The molecule has 0 saturated carbocycles. The maximum absolute atomic E-state index is 11.9. The molecule has 0 aliphatic rings. The summed E-state index contributed by atoms with van der Waals surface area (Å²) < 4.78 is 0. The molecular weight excluding hydrogens is 262 g/mol. The highest BCUT2D eigenvalue weighted by Crippen LogP contribution is 2.11. The number of nitrogens with zero attached hydrogens (tertiary/aromatic N) is 3. The van der Waals surface area contributed by atoms with Crippen LogP contribution in [0.5, 0.6) is 0 Å². The van der Waals surface area contributed by atoms with E-state index in [1.165, 1.54) is 18.5 Å². The minimum Gasteiger partial charge on any atom is -0.478 e. The number of carboxylic acids is 1.